The van der Waals surface area contributed by atoms with Crippen LogP contribution in [0.1, 0.15) is 263 Å². The minimum atomic E-state index is -0.850. The second-order valence-corrected chi connectivity index (χ2v) is 39.8. The van der Waals surface area contributed by atoms with Crippen LogP contribution in [-0.2, 0) is 92.4 Å². The van der Waals surface area contributed by atoms with Crippen molar-refractivity contribution >= 4 is 58.9 Å². The fraction of sp³-hybridized carbons (Fsp3) is 0.621. The summed E-state index contributed by atoms with van der Waals surface area (Å²) in [5.74, 6) is -3.09. The van der Waals surface area contributed by atoms with Gasteiger partial charge in [-0.1, -0.05) is 215 Å². The molecule has 4 aromatic carbocycles. The van der Waals surface area contributed by atoms with E-state index in [4.69, 9.17) is 15.2 Å². The molecule has 4 aromatic rings. The number of Topliss-reactive ketones (excluding diaryl/α,β-unsaturated/α-hetero) is 4. The number of rotatable bonds is 44. The summed E-state index contributed by atoms with van der Waals surface area (Å²) in [7, 11) is 0. The van der Waals surface area contributed by atoms with Gasteiger partial charge in [-0.25, -0.2) is 9.59 Å². The van der Waals surface area contributed by atoms with E-state index in [0.29, 0.717) is 108 Å². The van der Waals surface area contributed by atoms with Crippen molar-refractivity contribution in [3.63, 3.8) is 0 Å². The molecule has 0 aliphatic carbocycles. The van der Waals surface area contributed by atoms with Crippen LogP contribution in [0.25, 0.3) is 0 Å². The molecule has 0 bridgehead atoms. The molecule has 1 radical (unpaired) electrons. The van der Waals surface area contributed by atoms with Crippen molar-refractivity contribution in [3.05, 3.63) is 175 Å². The van der Waals surface area contributed by atoms with Crippen molar-refractivity contribution in [2.24, 2.45) is 70.8 Å². The first kappa shape index (κ1) is 111. The molecule has 0 saturated carbocycles. The smallest absolute Gasteiger partial charge is 0.407 e. The van der Waals surface area contributed by atoms with Gasteiger partial charge in [0.05, 0.1) is 36.0 Å². The molecule has 4 saturated heterocycles. The summed E-state index contributed by atoms with van der Waals surface area (Å²) >= 11 is 0. The Morgan fingerprint density at radius 3 is 1.12 bits per heavy atom. The number of carbonyl (C=O) groups excluding carboxylic acids is 10. The van der Waals surface area contributed by atoms with Crippen molar-refractivity contribution in [3.8, 4) is 0 Å². The van der Waals surface area contributed by atoms with E-state index in [9.17, 15) is 58.4 Å². The number of nitrogens with zero attached hydrogens (tertiary/aromatic N) is 4. The number of hydroxylamine groups is 4. The third-order valence-electron chi connectivity index (χ3n) is 25.2. The molecule has 705 valence electrons. The number of amides is 6. The predicted molar refractivity (Wildman–Crippen MR) is 500 cm³/mol. The molecule has 24 heteroatoms. The van der Waals surface area contributed by atoms with Gasteiger partial charge in [0, 0.05) is 110 Å². The number of ether oxygens (including phenoxy) is 2. The van der Waals surface area contributed by atoms with Gasteiger partial charge in [0.2, 0.25) is 23.6 Å². The van der Waals surface area contributed by atoms with Gasteiger partial charge < -0.3 is 64.1 Å². The summed E-state index contributed by atoms with van der Waals surface area (Å²) in [4.78, 5) is 143. The first-order chi connectivity index (χ1) is 58.5. The van der Waals surface area contributed by atoms with E-state index in [1.807, 2.05) is 223 Å². The van der Waals surface area contributed by atoms with Crippen LogP contribution >= 0.6 is 0 Å². The fourth-order valence-electron chi connectivity index (χ4n) is 19.2. The number of nitrogens with two attached hydrogens (primary N) is 1. The van der Waals surface area contributed by atoms with Crippen molar-refractivity contribution < 1.29 is 86.4 Å². The number of ketones is 4. The molecular weight excluding hydrogens is 1640 g/mol. The van der Waals surface area contributed by atoms with Crippen LogP contribution in [-0.4, -0.2) is 168 Å². The van der Waals surface area contributed by atoms with Crippen molar-refractivity contribution in [1.82, 2.24) is 41.2 Å². The van der Waals surface area contributed by atoms with E-state index < -0.39 is 82.2 Å². The van der Waals surface area contributed by atoms with E-state index in [1.54, 1.807) is 9.80 Å². The maximum absolute atomic E-state index is 14.4. The molecule has 10 atom stereocenters. The summed E-state index contributed by atoms with van der Waals surface area (Å²) in [6.45, 7) is 35.7. The average molecular weight is 1800 g/mol. The van der Waals surface area contributed by atoms with Gasteiger partial charge in [0.15, 0.2) is 23.1 Å². The fourth-order valence-corrected chi connectivity index (χ4v) is 19.2. The van der Waals surface area contributed by atoms with Crippen LogP contribution in [0, 0.1) is 72.5 Å². The molecule has 4 fully saturated rings. The zero-order valence-electron chi connectivity index (χ0n) is 79.1. The van der Waals surface area contributed by atoms with Crippen LogP contribution in [0.15, 0.2) is 146 Å². The predicted octanol–water partition coefficient (Wildman–Crippen LogP) is 18.0. The van der Waals surface area contributed by atoms with Crippen molar-refractivity contribution in [2.75, 3.05) is 26.2 Å². The number of hydrogen-bond acceptors (Lipinski definition) is 17. The number of alkyl carbamates (subject to hydrolysis) is 2. The third-order valence-corrected chi connectivity index (χ3v) is 25.2. The standard InChI is InChI=1S/C51H76N4O7.C50H75N5O7.CH4.CH3.V/c1-35(2)28-37(5)24-25-41(29-38-18-12-10-13-19-38)48(59)54-27-17-23-44(54)46(57)31-42(36(3)4)47(58)53-43(22-16-26-52-49(60)62-34-39-20-14-11-15-21-39)45(56)30-40-32-50(6,7)55(61)51(8,9)33-40;1-34(2)27-40(51)24-23-39(28-36-17-11-9-12-18-36)47(59)54-26-16-22-43(54)45(57)30-41(35(3)4)46(58)53-42(21-15-25-52-48(60)62-33-37-19-13-10-14-20-37)44(56)29-38-31-49(5,6)55(61)50(7,8)32-38;;;/h10-15,18-21,24-25,35-37,40-44,61H,16-17,22-23,26-34H2,1-9H3,(H,52,60)(H,53,58);9-14,17-20,23-24,34-35,38-43,61H,15-16,21-22,25-33,51H2,1-8H3,(H,52,60)(H,53,58);1H4;1H3;/q;;;-1;/b25-24+;24-23+;;;/t37-,41-,42+,43+,44+;39-,40-,41+,42+,43+;;;/m11.../s1. The van der Waals surface area contributed by atoms with Crippen LogP contribution in [0.3, 0.4) is 0 Å². The van der Waals surface area contributed by atoms with Gasteiger partial charge in [-0.3, -0.25) is 38.4 Å². The van der Waals surface area contributed by atoms with E-state index in [0.717, 1.165) is 35.1 Å². The van der Waals surface area contributed by atoms with Gasteiger partial charge >= 0.3 is 12.2 Å². The summed E-state index contributed by atoms with van der Waals surface area (Å²) in [5.41, 5.74) is 8.02. The van der Waals surface area contributed by atoms with Gasteiger partial charge in [-0.15, -0.1) is 0 Å². The molecule has 8 N–H and O–H groups in total. The quantitative estimate of drug-likeness (QED) is 0.0123. The minimum absolute atomic E-state index is 0. The van der Waals surface area contributed by atoms with Gasteiger partial charge in [-0.05, 0) is 222 Å². The van der Waals surface area contributed by atoms with Crippen LogP contribution in [0.4, 0.5) is 9.59 Å². The Balaban J connectivity index is 0.000000520. The minimum Gasteiger partial charge on any atom is -0.445 e. The van der Waals surface area contributed by atoms with E-state index in [2.05, 4.69) is 62.0 Å². The van der Waals surface area contributed by atoms with Gasteiger partial charge in [0.1, 0.15) is 13.2 Å². The molecule has 0 unspecified atom stereocenters. The second-order valence-electron chi connectivity index (χ2n) is 39.8. The molecule has 8 rings (SSSR count). The Hall–Kier alpha value is -8.16. The molecule has 0 spiro atoms. The Kier molecular flexibility index (Phi) is 46.6. The van der Waals surface area contributed by atoms with Crippen LogP contribution in [0.5, 0.6) is 0 Å². The maximum Gasteiger partial charge on any atom is 0.407 e. The Labute approximate surface area is 773 Å². The van der Waals surface area contributed by atoms with Crippen molar-refractivity contribution in [2.45, 2.75) is 319 Å². The SMILES string of the molecule is C.CC(C)C[C@H](C)/C=C/[C@H](Cc1ccccc1)C(=O)N1CCC[C@H]1C(=O)C[C@H](C(=O)N[C@@H](CCCNC(=O)OCc1ccccc1)C(=O)CC1CC(C)(C)N(O)C(C)(C)C1)C(C)C.CC(C)C[C@H](N)/C=C/[C@H](Cc1ccccc1)C(=O)N1CCC[C@H]1C(=O)C[C@H](C(=O)N[C@@H](CCCNC(=O)OCc1ccccc1)C(=O)CC1CC(C)(C)N(O)C(C)(C)C1)C(C)C.[CH3-].[V]. The van der Waals surface area contributed by atoms with Gasteiger partial charge in [0.25, 0.3) is 0 Å². The molecule has 4 aliphatic heterocycles. The number of hydrogen-bond donors (Lipinski definition) is 7. The largest absolute Gasteiger partial charge is 0.445 e. The van der Waals surface area contributed by atoms with Crippen LogP contribution < -0.4 is 27.0 Å². The second kappa shape index (κ2) is 53.2. The van der Waals surface area contributed by atoms with E-state index in [-0.39, 0.29) is 175 Å². The number of benzene rings is 4. The maximum atomic E-state index is 14.4. The topological polar surface area (TPSA) is 317 Å². The number of carbonyl (C=O) groups is 10. The molecule has 23 nitrogen and oxygen atoms in total. The molecular formula is C103H158N9O14V-. The molecule has 4 heterocycles. The Bertz CT molecular complexity index is 3820. The summed E-state index contributed by atoms with van der Waals surface area (Å²) in [6, 6.07) is 35.4. The number of likely N-dealkylation sites (tertiary alicyclic amines) is 2. The van der Waals surface area contributed by atoms with Gasteiger partial charge in [-0.2, -0.15) is 10.1 Å². The van der Waals surface area contributed by atoms with Crippen molar-refractivity contribution in [1.29, 1.82) is 0 Å². The average Bonchev–Trinajstić information content (AvgIpc) is 1.27. The monoisotopic (exact) mass is 1800 g/mol. The van der Waals surface area contributed by atoms with E-state index in [1.165, 1.54) is 10.1 Å². The van der Waals surface area contributed by atoms with Crippen LogP contribution in [0.2, 0.25) is 0 Å². The Morgan fingerprint density at radius 2 is 0.795 bits per heavy atom. The Morgan fingerprint density at radius 1 is 0.472 bits per heavy atom. The third kappa shape index (κ3) is 35.9. The van der Waals surface area contributed by atoms with E-state index >= 15 is 0 Å². The number of allylic oxidation sites excluding steroid dienone is 1. The first-order valence-corrected chi connectivity index (χ1v) is 45.9. The summed E-state index contributed by atoms with van der Waals surface area (Å²) in [5, 5.41) is 36.2. The number of piperidine rings is 2. The first-order valence-electron chi connectivity index (χ1n) is 45.9. The normalized spacial score (nSPS) is 19.4. The zero-order valence-corrected chi connectivity index (χ0v) is 80.5. The number of nitrogens with one attached hydrogen (secondary N) is 4. The molecule has 127 heavy (non-hydrogen) atoms. The molecule has 0 aromatic heterocycles. The summed E-state index contributed by atoms with van der Waals surface area (Å²) < 4.78 is 10.7. The molecule has 4 aliphatic rings. The summed E-state index contributed by atoms with van der Waals surface area (Å²) in [6.07, 6.45) is 16.2. The molecule has 6 amide bonds. The zero-order chi connectivity index (χ0) is 91.2.